The molecule has 0 saturated carbocycles. The van der Waals surface area contributed by atoms with Gasteiger partial charge in [-0.15, -0.1) is 0 Å². The number of aromatic hydroxyl groups is 1. The predicted octanol–water partition coefficient (Wildman–Crippen LogP) is 7.61. The molecule has 0 unspecified atom stereocenters. The first kappa shape index (κ1) is 27.9. The lowest BCUT2D eigenvalue weighted by atomic mass is 10.0. The number of amides is 1. The Morgan fingerprint density at radius 3 is 2.84 bits per heavy atom. The molecule has 1 aromatic rings. The molecular formula is C31H34ClNO4. The SMILES string of the molecule is C=C/C=C(\C=C(/C)Cl)c1ccc(O)c(C(=O)NC2=CC(OCCC3=C(OC)C=CCC=C3)=CCCC2)c1. The van der Waals surface area contributed by atoms with Gasteiger partial charge in [0.2, 0.25) is 0 Å². The number of benzene rings is 1. The maximum absolute atomic E-state index is 13.1. The lowest BCUT2D eigenvalue weighted by Crippen LogP contribution is -2.23. The van der Waals surface area contributed by atoms with Crippen molar-refractivity contribution < 1.29 is 19.4 Å². The summed E-state index contributed by atoms with van der Waals surface area (Å²) in [5.41, 5.74) is 3.54. The second kappa shape index (κ2) is 14.1. The normalized spacial score (nSPS) is 16.4. The van der Waals surface area contributed by atoms with E-state index < -0.39 is 0 Å². The number of methoxy groups -OCH3 is 1. The lowest BCUT2D eigenvalue weighted by Gasteiger charge is -2.13. The molecule has 3 rings (SSSR count). The summed E-state index contributed by atoms with van der Waals surface area (Å²) < 4.78 is 11.5. The number of phenolic OH excluding ortho intramolecular Hbond substituents is 1. The van der Waals surface area contributed by atoms with Crippen LogP contribution in [-0.2, 0) is 9.47 Å². The number of hydrogen-bond acceptors (Lipinski definition) is 4. The molecule has 2 N–H and O–H groups in total. The number of allylic oxidation sites excluding steroid dienone is 12. The fourth-order valence-corrected chi connectivity index (χ4v) is 4.17. The molecule has 0 aliphatic heterocycles. The van der Waals surface area contributed by atoms with Crippen LogP contribution >= 0.6 is 11.6 Å². The van der Waals surface area contributed by atoms with Crippen molar-refractivity contribution in [2.45, 2.75) is 39.0 Å². The van der Waals surface area contributed by atoms with Crippen molar-refractivity contribution in [3.8, 4) is 5.75 Å². The Labute approximate surface area is 224 Å². The van der Waals surface area contributed by atoms with E-state index in [4.69, 9.17) is 21.1 Å². The average Bonchev–Trinajstić information content (AvgIpc) is 3.24. The smallest absolute Gasteiger partial charge is 0.259 e. The van der Waals surface area contributed by atoms with Gasteiger partial charge in [-0.05, 0) is 85.8 Å². The van der Waals surface area contributed by atoms with Gasteiger partial charge in [-0.1, -0.05) is 54.6 Å². The van der Waals surface area contributed by atoms with Gasteiger partial charge < -0.3 is 19.9 Å². The van der Waals surface area contributed by atoms with Crippen LogP contribution in [0.2, 0.25) is 0 Å². The van der Waals surface area contributed by atoms with Gasteiger partial charge in [-0.25, -0.2) is 0 Å². The fraction of sp³-hybridized carbons (Fsp3) is 0.258. The summed E-state index contributed by atoms with van der Waals surface area (Å²) in [6.45, 7) is 6.00. The summed E-state index contributed by atoms with van der Waals surface area (Å²) in [4.78, 5) is 13.1. The maximum Gasteiger partial charge on any atom is 0.259 e. The zero-order chi connectivity index (χ0) is 26.6. The highest BCUT2D eigenvalue weighted by atomic mass is 35.5. The number of carbonyl (C=O) groups is 1. The number of hydrogen-bond donors (Lipinski definition) is 2. The van der Waals surface area contributed by atoms with Crippen LogP contribution in [0.1, 0.15) is 54.9 Å². The number of nitrogens with one attached hydrogen (secondary N) is 1. The minimum absolute atomic E-state index is 0.0975. The first-order valence-electron chi connectivity index (χ1n) is 12.4. The van der Waals surface area contributed by atoms with Gasteiger partial charge in [0.25, 0.3) is 5.91 Å². The van der Waals surface area contributed by atoms with Gasteiger partial charge >= 0.3 is 0 Å². The molecule has 0 saturated heterocycles. The molecule has 5 nitrogen and oxygen atoms in total. The number of carbonyl (C=O) groups excluding carboxylic acids is 1. The molecule has 0 bridgehead atoms. The molecule has 194 valence electrons. The van der Waals surface area contributed by atoms with E-state index in [2.05, 4.69) is 30.1 Å². The third-order valence-electron chi connectivity index (χ3n) is 5.85. The van der Waals surface area contributed by atoms with Crippen molar-refractivity contribution >= 4 is 23.1 Å². The minimum Gasteiger partial charge on any atom is -0.507 e. The Kier molecular flexibility index (Phi) is 10.7. The van der Waals surface area contributed by atoms with Gasteiger partial charge in [0.1, 0.15) is 17.3 Å². The van der Waals surface area contributed by atoms with Crippen LogP contribution in [0.5, 0.6) is 5.75 Å². The number of halogens is 1. The summed E-state index contributed by atoms with van der Waals surface area (Å²) >= 11 is 6.07. The molecule has 0 spiro atoms. The highest BCUT2D eigenvalue weighted by molar-refractivity contribution is 6.29. The molecule has 1 amide bonds. The Balaban J connectivity index is 1.72. The lowest BCUT2D eigenvalue weighted by molar-refractivity contribution is 0.0961. The van der Waals surface area contributed by atoms with E-state index in [0.717, 1.165) is 53.2 Å². The van der Waals surface area contributed by atoms with Crippen molar-refractivity contribution in [3.05, 3.63) is 118 Å². The summed E-state index contributed by atoms with van der Waals surface area (Å²) in [5.74, 6) is 1.08. The summed E-state index contributed by atoms with van der Waals surface area (Å²) in [5, 5.41) is 14.0. The molecule has 0 aromatic heterocycles. The molecular weight excluding hydrogens is 486 g/mol. The minimum atomic E-state index is -0.387. The first-order chi connectivity index (χ1) is 17.9. The number of ether oxygens (including phenoxy) is 2. The molecule has 2 aliphatic carbocycles. The summed E-state index contributed by atoms with van der Waals surface area (Å²) in [6.07, 6.45) is 21.4. The Morgan fingerprint density at radius 2 is 2.08 bits per heavy atom. The fourth-order valence-electron chi connectivity index (χ4n) is 4.06. The van der Waals surface area contributed by atoms with E-state index in [1.54, 1.807) is 44.4 Å². The van der Waals surface area contributed by atoms with E-state index in [-0.39, 0.29) is 17.2 Å². The Bertz CT molecular complexity index is 1220. The van der Waals surface area contributed by atoms with E-state index in [1.165, 1.54) is 6.07 Å². The van der Waals surface area contributed by atoms with Crippen molar-refractivity contribution in [3.63, 3.8) is 0 Å². The summed E-state index contributed by atoms with van der Waals surface area (Å²) in [6, 6.07) is 4.90. The van der Waals surface area contributed by atoms with Gasteiger partial charge in [0.15, 0.2) is 0 Å². The van der Waals surface area contributed by atoms with E-state index in [9.17, 15) is 9.90 Å². The highest BCUT2D eigenvalue weighted by Gasteiger charge is 2.16. The van der Waals surface area contributed by atoms with Crippen LogP contribution in [0.3, 0.4) is 0 Å². The van der Waals surface area contributed by atoms with Crippen molar-refractivity contribution in [2.75, 3.05) is 13.7 Å². The standard InChI is InChI=1S/C31H34ClNO4/c1-4-10-24(19-22(2)32)25-15-16-29(34)28(20-25)31(35)33-26-12-8-9-13-27(21-26)37-18-17-23-11-6-5-7-14-30(23)36-3/h4,6-7,10-11,13-16,19-21,34H,1,5,8-9,12,17-18H2,2-3H3,(H,33,35)/b22-19+,24-10+. The third kappa shape index (κ3) is 8.43. The topological polar surface area (TPSA) is 67.8 Å². The van der Waals surface area contributed by atoms with Gasteiger partial charge in [0, 0.05) is 17.2 Å². The first-order valence-corrected chi connectivity index (χ1v) is 12.7. The monoisotopic (exact) mass is 519 g/mol. The number of rotatable bonds is 10. The van der Waals surface area contributed by atoms with Crippen LogP contribution in [-0.4, -0.2) is 24.7 Å². The predicted molar refractivity (Wildman–Crippen MR) is 151 cm³/mol. The Morgan fingerprint density at radius 1 is 1.27 bits per heavy atom. The quantitative estimate of drug-likeness (QED) is 0.312. The van der Waals surface area contributed by atoms with Crippen LogP contribution in [0, 0.1) is 0 Å². The molecule has 6 heteroatoms. The second-order valence-electron chi connectivity index (χ2n) is 8.68. The largest absolute Gasteiger partial charge is 0.507 e. The molecule has 1 aromatic carbocycles. The molecule has 0 heterocycles. The molecule has 2 aliphatic rings. The third-order valence-corrected chi connectivity index (χ3v) is 5.96. The van der Waals surface area contributed by atoms with E-state index in [0.29, 0.717) is 24.5 Å². The summed E-state index contributed by atoms with van der Waals surface area (Å²) in [7, 11) is 1.67. The second-order valence-corrected chi connectivity index (χ2v) is 9.27. The van der Waals surface area contributed by atoms with Crippen LogP contribution in [0.15, 0.2) is 107 Å². The van der Waals surface area contributed by atoms with Gasteiger partial charge in [0.05, 0.1) is 19.3 Å². The van der Waals surface area contributed by atoms with Crippen molar-refractivity contribution in [2.24, 2.45) is 0 Å². The van der Waals surface area contributed by atoms with E-state index in [1.807, 2.05) is 18.2 Å². The molecule has 0 radical (unpaired) electrons. The molecule has 37 heavy (non-hydrogen) atoms. The Hall–Kier alpha value is -3.70. The zero-order valence-electron chi connectivity index (χ0n) is 21.4. The molecule has 0 atom stereocenters. The average molecular weight is 520 g/mol. The zero-order valence-corrected chi connectivity index (χ0v) is 22.2. The van der Waals surface area contributed by atoms with Crippen molar-refractivity contribution in [1.82, 2.24) is 5.32 Å². The van der Waals surface area contributed by atoms with Gasteiger partial charge in [-0.3, -0.25) is 4.79 Å². The van der Waals surface area contributed by atoms with Crippen molar-refractivity contribution in [1.29, 1.82) is 0 Å². The van der Waals surface area contributed by atoms with Crippen LogP contribution in [0.4, 0.5) is 0 Å². The highest BCUT2D eigenvalue weighted by Crippen LogP contribution is 2.26. The van der Waals surface area contributed by atoms with Crippen LogP contribution < -0.4 is 5.32 Å². The van der Waals surface area contributed by atoms with Crippen LogP contribution in [0.25, 0.3) is 5.57 Å². The molecule has 0 fully saturated rings. The maximum atomic E-state index is 13.1. The number of phenols is 1. The van der Waals surface area contributed by atoms with E-state index >= 15 is 0 Å². The van der Waals surface area contributed by atoms with Gasteiger partial charge in [-0.2, -0.15) is 0 Å².